The average Bonchev–Trinajstić information content (AvgIpc) is 3.56. The van der Waals surface area contributed by atoms with Crippen molar-refractivity contribution in [2.45, 2.75) is 6.54 Å². The number of carbonyl (C=O) groups is 2. The maximum absolute atomic E-state index is 13.3. The third-order valence-electron chi connectivity index (χ3n) is 8.33. The summed E-state index contributed by atoms with van der Waals surface area (Å²) in [7, 11) is 0. The number of aromatic nitrogens is 2. The molecule has 0 saturated heterocycles. The van der Waals surface area contributed by atoms with E-state index in [9.17, 15) is 14.7 Å². The lowest BCUT2D eigenvalue weighted by Gasteiger charge is -2.18. The zero-order valence-electron chi connectivity index (χ0n) is 23.5. The molecule has 0 bridgehead atoms. The van der Waals surface area contributed by atoms with Gasteiger partial charge in [-0.1, -0.05) is 91.0 Å². The Morgan fingerprint density at radius 3 is 2.09 bits per heavy atom. The number of hydrogen-bond donors (Lipinski definition) is 1. The fourth-order valence-corrected chi connectivity index (χ4v) is 6.15. The van der Waals surface area contributed by atoms with Gasteiger partial charge in [0, 0.05) is 10.9 Å². The van der Waals surface area contributed by atoms with Crippen molar-refractivity contribution in [1.29, 1.82) is 0 Å². The Bertz CT molecular complexity index is 2270. The van der Waals surface area contributed by atoms with E-state index in [0.29, 0.717) is 27.9 Å². The Labute approximate surface area is 252 Å². The Morgan fingerprint density at radius 1 is 0.682 bits per heavy atom. The van der Waals surface area contributed by atoms with E-state index in [1.54, 1.807) is 30.3 Å². The summed E-state index contributed by atoms with van der Waals surface area (Å²) < 4.78 is 2.00. The standard InChI is InChI=1S/C38H25N3O3/c42-34-21-20-28-27(19-16-24-14-17-26(18-15-24)25-8-2-1-3-9-25)22-35-39-32-12-6-7-13-33(32)41(35)36(28)31(34)23-40-37(43)29-10-4-5-11-30(29)38(40)44/h1-22,42H,23H2/b19-16+. The molecule has 0 aliphatic carbocycles. The molecule has 7 aromatic rings. The van der Waals surface area contributed by atoms with Crippen LogP contribution in [0.15, 0.2) is 121 Å². The number of nitrogens with zero attached hydrogens (tertiary/aromatic N) is 3. The molecule has 8 rings (SSSR count). The molecule has 1 aliphatic rings. The summed E-state index contributed by atoms with van der Waals surface area (Å²) in [5, 5.41) is 12.1. The quantitative estimate of drug-likeness (QED) is 0.213. The molecule has 2 aromatic heterocycles. The van der Waals surface area contributed by atoms with Gasteiger partial charge >= 0.3 is 0 Å². The third-order valence-corrected chi connectivity index (χ3v) is 8.33. The smallest absolute Gasteiger partial charge is 0.261 e. The lowest BCUT2D eigenvalue weighted by atomic mass is 10.0. The number of imidazole rings is 1. The first kappa shape index (κ1) is 25.7. The fourth-order valence-electron chi connectivity index (χ4n) is 6.15. The number of aromatic hydroxyl groups is 1. The van der Waals surface area contributed by atoms with Crippen LogP contribution >= 0.6 is 0 Å². The van der Waals surface area contributed by atoms with Crippen molar-refractivity contribution in [3.63, 3.8) is 0 Å². The first-order valence-electron chi connectivity index (χ1n) is 14.4. The summed E-state index contributed by atoms with van der Waals surface area (Å²) in [6.45, 7) is -0.0781. The first-order valence-corrected chi connectivity index (χ1v) is 14.4. The van der Waals surface area contributed by atoms with Crippen molar-refractivity contribution in [3.8, 4) is 16.9 Å². The molecule has 1 N–H and O–H groups in total. The first-order chi connectivity index (χ1) is 21.6. The Hall–Kier alpha value is -6.01. The number of phenols is 1. The lowest BCUT2D eigenvalue weighted by Crippen LogP contribution is -2.29. The zero-order chi connectivity index (χ0) is 29.8. The molecule has 1 aliphatic heterocycles. The van der Waals surface area contributed by atoms with Gasteiger partial charge in [0.1, 0.15) is 11.4 Å². The van der Waals surface area contributed by atoms with E-state index in [2.05, 4.69) is 42.5 Å². The number of phenolic OH excluding ortho intramolecular Hbond substituents is 1. The zero-order valence-corrected chi connectivity index (χ0v) is 23.5. The number of benzene rings is 5. The number of pyridine rings is 1. The van der Waals surface area contributed by atoms with E-state index in [1.807, 2.05) is 65.1 Å². The third kappa shape index (κ3) is 4.07. The number of rotatable bonds is 5. The second kappa shape index (κ2) is 10.1. The Balaban J connectivity index is 1.28. The van der Waals surface area contributed by atoms with E-state index < -0.39 is 0 Å². The van der Waals surface area contributed by atoms with E-state index in [1.165, 1.54) is 4.90 Å². The summed E-state index contributed by atoms with van der Waals surface area (Å²) in [5.74, 6) is -0.738. The van der Waals surface area contributed by atoms with Crippen LogP contribution in [0.2, 0.25) is 0 Å². The van der Waals surface area contributed by atoms with Crippen molar-refractivity contribution < 1.29 is 14.7 Å². The van der Waals surface area contributed by atoms with Crippen LogP contribution in [0.3, 0.4) is 0 Å². The van der Waals surface area contributed by atoms with Crippen molar-refractivity contribution >= 4 is 51.5 Å². The van der Waals surface area contributed by atoms with Gasteiger partial charge in [0.05, 0.1) is 34.2 Å². The highest BCUT2D eigenvalue weighted by Gasteiger charge is 2.36. The maximum Gasteiger partial charge on any atom is 0.261 e. The molecular formula is C38H25N3O3. The van der Waals surface area contributed by atoms with Crippen LogP contribution in [-0.2, 0) is 6.54 Å². The van der Waals surface area contributed by atoms with Crippen LogP contribution < -0.4 is 0 Å². The normalized spacial score (nSPS) is 13.1. The molecule has 5 aromatic carbocycles. The van der Waals surface area contributed by atoms with E-state index in [0.717, 1.165) is 38.7 Å². The predicted octanol–water partition coefficient (Wildman–Crippen LogP) is 7.98. The molecule has 6 heteroatoms. The Kier molecular flexibility index (Phi) is 5.88. The van der Waals surface area contributed by atoms with Gasteiger partial charge in [0.2, 0.25) is 0 Å². The lowest BCUT2D eigenvalue weighted by molar-refractivity contribution is 0.0642. The summed E-state index contributed by atoms with van der Waals surface area (Å²) in [5.41, 5.74) is 8.55. The van der Waals surface area contributed by atoms with Gasteiger partial charge in [0.25, 0.3) is 11.8 Å². The van der Waals surface area contributed by atoms with Crippen LogP contribution in [0.4, 0.5) is 0 Å². The monoisotopic (exact) mass is 571 g/mol. The summed E-state index contributed by atoms with van der Waals surface area (Å²) in [6, 6.07) is 38.8. The number of fused-ring (bicyclic) bond motifs is 6. The second-order valence-electron chi connectivity index (χ2n) is 10.9. The number of hydrogen-bond acceptors (Lipinski definition) is 4. The van der Waals surface area contributed by atoms with Crippen molar-refractivity contribution in [3.05, 3.63) is 149 Å². The van der Waals surface area contributed by atoms with Gasteiger partial charge in [-0.25, -0.2) is 4.98 Å². The molecule has 6 nitrogen and oxygen atoms in total. The van der Waals surface area contributed by atoms with Gasteiger partial charge in [-0.2, -0.15) is 0 Å². The average molecular weight is 572 g/mol. The largest absolute Gasteiger partial charge is 0.508 e. The van der Waals surface area contributed by atoms with Gasteiger partial charge in [-0.3, -0.25) is 18.9 Å². The number of imide groups is 1. The molecule has 0 atom stereocenters. The maximum atomic E-state index is 13.3. The topological polar surface area (TPSA) is 74.9 Å². The predicted molar refractivity (Wildman–Crippen MR) is 173 cm³/mol. The van der Waals surface area contributed by atoms with E-state index in [4.69, 9.17) is 4.98 Å². The van der Waals surface area contributed by atoms with Crippen LogP contribution in [0.25, 0.3) is 50.9 Å². The minimum atomic E-state index is -0.372. The molecule has 3 heterocycles. The minimum Gasteiger partial charge on any atom is -0.508 e. The van der Waals surface area contributed by atoms with Crippen LogP contribution in [0.5, 0.6) is 5.75 Å². The van der Waals surface area contributed by atoms with Crippen LogP contribution in [0.1, 0.15) is 37.4 Å². The molecule has 0 fully saturated rings. The van der Waals surface area contributed by atoms with Gasteiger partial charge in [0.15, 0.2) is 0 Å². The molecule has 210 valence electrons. The van der Waals surface area contributed by atoms with Crippen molar-refractivity contribution in [2.75, 3.05) is 0 Å². The van der Waals surface area contributed by atoms with Gasteiger partial charge in [-0.05, 0) is 64.7 Å². The molecule has 2 amide bonds. The van der Waals surface area contributed by atoms with Crippen LogP contribution in [0, 0.1) is 0 Å². The molecule has 0 radical (unpaired) electrons. The molecular weight excluding hydrogens is 546 g/mol. The Morgan fingerprint density at radius 2 is 1.34 bits per heavy atom. The summed E-state index contributed by atoms with van der Waals surface area (Å²) in [4.78, 5) is 32.7. The molecule has 44 heavy (non-hydrogen) atoms. The van der Waals surface area contributed by atoms with Crippen LogP contribution in [-0.4, -0.2) is 31.2 Å². The number of carbonyl (C=O) groups excluding carboxylic acids is 2. The number of para-hydroxylation sites is 2. The molecule has 0 unspecified atom stereocenters. The fraction of sp³-hybridized carbons (Fsp3) is 0.0263. The van der Waals surface area contributed by atoms with Crippen molar-refractivity contribution in [1.82, 2.24) is 14.3 Å². The highest BCUT2D eigenvalue weighted by Crippen LogP contribution is 2.36. The summed E-state index contributed by atoms with van der Waals surface area (Å²) in [6.07, 6.45) is 4.10. The van der Waals surface area contributed by atoms with Gasteiger partial charge in [-0.15, -0.1) is 0 Å². The van der Waals surface area contributed by atoms with E-state index in [-0.39, 0.29) is 24.1 Å². The van der Waals surface area contributed by atoms with E-state index >= 15 is 0 Å². The minimum absolute atomic E-state index is 0.00534. The molecule has 0 spiro atoms. The second-order valence-corrected chi connectivity index (χ2v) is 10.9. The van der Waals surface area contributed by atoms with Crippen molar-refractivity contribution in [2.24, 2.45) is 0 Å². The number of amides is 2. The highest BCUT2D eigenvalue weighted by molar-refractivity contribution is 6.21. The SMILES string of the molecule is O=C1c2ccccc2C(=O)N1Cc1c(O)ccc2c(/C=C/c3ccc(-c4ccccc4)cc3)cc3nc4ccccc4n3c12. The summed E-state index contributed by atoms with van der Waals surface area (Å²) >= 11 is 0. The van der Waals surface area contributed by atoms with Gasteiger partial charge < -0.3 is 5.11 Å². The highest BCUT2D eigenvalue weighted by atomic mass is 16.3. The molecule has 0 saturated carbocycles.